The molecule has 18 heteroatoms. The number of halogens is 6. The van der Waals surface area contributed by atoms with Gasteiger partial charge in [0.15, 0.2) is 0 Å². The van der Waals surface area contributed by atoms with Crippen molar-refractivity contribution in [2.75, 3.05) is 6.54 Å². The summed E-state index contributed by atoms with van der Waals surface area (Å²) in [6.45, 7) is 5.54. The van der Waals surface area contributed by atoms with Gasteiger partial charge in [0.1, 0.15) is 12.1 Å². The average molecular weight is 737 g/mol. The van der Waals surface area contributed by atoms with Gasteiger partial charge in [-0.15, -0.1) is 0 Å². The zero-order valence-corrected chi connectivity index (χ0v) is 28.2. The first kappa shape index (κ1) is 39.3. The Morgan fingerprint density at radius 3 is 1.80 bits per heavy atom. The smallest absolute Gasteiger partial charge is 0.344 e. The Balaban J connectivity index is 1.71. The molecular formula is C31H34ClF5N4O7S. The lowest BCUT2D eigenvalue weighted by Gasteiger charge is -2.32. The summed E-state index contributed by atoms with van der Waals surface area (Å²) in [5.74, 6) is -13.5. The van der Waals surface area contributed by atoms with Crippen LogP contribution >= 0.6 is 11.6 Å². The van der Waals surface area contributed by atoms with Crippen molar-refractivity contribution in [2.24, 2.45) is 11.8 Å². The van der Waals surface area contributed by atoms with Crippen LogP contribution in [0.25, 0.3) is 0 Å². The maximum absolute atomic E-state index is 13.8. The van der Waals surface area contributed by atoms with Crippen LogP contribution in [-0.4, -0.2) is 79.5 Å². The van der Waals surface area contributed by atoms with E-state index < -0.39 is 81.5 Å². The van der Waals surface area contributed by atoms with Crippen LogP contribution in [0, 0.1) is 11.8 Å². The van der Waals surface area contributed by atoms with E-state index in [1.807, 2.05) is 10.0 Å². The van der Waals surface area contributed by atoms with Gasteiger partial charge in [0.2, 0.25) is 17.6 Å². The minimum absolute atomic E-state index is 0.00223. The molecule has 0 aromatic heterocycles. The number of nitrogens with one attached hydrogen (secondary N) is 3. The summed E-state index contributed by atoms with van der Waals surface area (Å²) in [4.78, 5) is 65.5. The molecule has 1 fully saturated rings. The van der Waals surface area contributed by atoms with Gasteiger partial charge in [0.05, 0.1) is 10.9 Å². The van der Waals surface area contributed by atoms with E-state index in [1.54, 1.807) is 13.8 Å². The van der Waals surface area contributed by atoms with E-state index in [1.165, 1.54) is 62.4 Å². The van der Waals surface area contributed by atoms with Crippen molar-refractivity contribution in [3.8, 4) is 0 Å². The molecule has 0 spiro atoms. The van der Waals surface area contributed by atoms with Crippen molar-refractivity contribution >= 4 is 51.0 Å². The van der Waals surface area contributed by atoms with E-state index in [0.717, 1.165) is 4.90 Å². The molecule has 268 valence electrons. The normalized spacial score (nSPS) is 16.7. The summed E-state index contributed by atoms with van der Waals surface area (Å²) in [6.07, 6.45) is -5.90. The van der Waals surface area contributed by atoms with Crippen molar-refractivity contribution in [1.82, 2.24) is 20.3 Å². The lowest BCUT2D eigenvalue weighted by atomic mass is 9.95. The Bertz CT molecular complexity index is 1690. The topological polar surface area (TPSA) is 159 Å². The fraction of sp³-hybridized carbons (Fsp3) is 0.452. The second-order valence-corrected chi connectivity index (χ2v) is 14.1. The number of nitrogens with zero attached hydrogens (tertiary/aromatic N) is 1. The minimum Gasteiger partial charge on any atom is -0.344 e. The Labute approximate surface area is 284 Å². The second-order valence-electron chi connectivity index (χ2n) is 12.0. The van der Waals surface area contributed by atoms with Gasteiger partial charge in [-0.1, -0.05) is 39.3 Å². The molecular weight excluding hydrogens is 703 g/mol. The van der Waals surface area contributed by atoms with Crippen LogP contribution in [0.5, 0.6) is 0 Å². The standard InChI is InChI=1S/C31H34ClF5N4O7S/c1-16(2)23(25(42)30(33,34)31(35,36)37)38-28(45)22-6-5-15-41(22)29(46)24(17(3)4)39-26(43)18-7-9-19(10-8-18)27(44)40-49(47,48)21-13-11-20(32)12-14-21/h7-14,16-17,22-24H,5-6,15H2,1-4H3,(H,38,45)(H,39,43)(H,40,44)/t22-,23?,24-/m0/s1. The van der Waals surface area contributed by atoms with E-state index in [9.17, 15) is 54.3 Å². The van der Waals surface area contributed by atoms with Crippen LogP contribution in [0.15, 0.2) is 53.4 Å². The van der Waals surface area contributed by atoms with Crippen LogP contribution in [-0.2, 0) is 24.4 Å². The average Bonchev–Trinajstić information content (AvgIpc) is 3.51. The highest BCUT2D eigenvalue weighted by Crippen LogP contribution is 2.37. The summed E-state index contributed by atoms with van der Waals surface area (Å²) in [7, 11) is -4.24. The number of ketones is 1. The molecule has 0 bridgehead atoms. The molecule has 1 heterocycles. The van der Waals surface area contributed by atoms with E-state index in [0.29, 0.717) is 0 Å². The molecule has 1 aliphatic heterocycles. The largest absolute Gasteiger partial charge is 0.461 e. The number of Topliss-reactive ketones (excluding diaryl/α,β-unsaturated/α-hetero) is 1. The molecule has 2 aromatic rings. The highest BCUT2D eigenvalue weighted by Gasteiger charge is 2.65. The van der Waals surface area contributed by atoms with Crippen LogP contribution < -0.4 is 15.4 Å². The van der Waals surface area contributed by atoms with Gasteiger partial charge in [-0.3, -0.25) is 24.0 Å². The quantitative estimate of drug-likeness (QED) is 0.277. The van der Waals surface area contributed by atoms with Gasteiger partial charge in [-0.2, -0.15) is 22.0 Å². The SMILES string of the molecule is CC(C)C(NC(=O)[C@@H]1CCCN1C(=O)[C@@H](NC(=O)c1ccc(C(=O)NS(=O)(=O)c2ccc(Cl)cc2)cc1)C(C)C)C(=O)C(F)(F)C(F)(F)F. The zero-order valence-electron chi connectivity index (χ0n) is 26.6. The molecule has 49 heavy (non-hydrogen) atoms. The Morgan fingerprint density at radius 2 is 1.31 bits per heavy atom. The first-order valence-corrected chi connectivity index (χ1v) is 16.8. The third kappa shape index (κ3) is 9.12. The number of benzene rings is 2. The van der Waals surface area contributed by atoms with E-state index in [2.05, 4.69) is 5.32 Å². The molecule has 3 rings (SSSR count). The number of sulfonamides is 1. The van der Waals surface area contributed by atoms with Gasteiger partial charge in [0.25, 0.3) is 21.8 Å². The highest BCUT2D eigenvalue weighted by atomic mass is 35.5. The fourth-order valence-corrected chi connectivity index (χ4v) is 6.07. The maximum atomic E-state index is 13.8. The number of rotatable bonds is 12. The first-order valence-electron chi connectivity index (χ1n) is 14.9. The van der Waals surface area contributed by atoms with Gasteiger partial charge in [-0.05, 0) is 73.2 Å². The summed E-state index contributed by atoms with van der Waals surface area (Å²) in [5, 5.41) is 4.81. The van der Waals surface area contributed by atoms with Crippen molar-refractivity contribution in [2.45, 2.75) is 75.7 Å². The lowest BCUT2D eigenvalue weighted by Crippen LogP contribution is -2.60. The molecule has 0 radical (unpaired) electrons. The second kappa shape index (κ2) is 15.2. The van der Waals surface area contributed by atoms with E-state index >= 15 is 0 Å². The van der Waals surface area contributed by atoms with E-state index in [4.69, 9.17) is 11.6 Å². The highest BCUT2D eigenvalue weighted by molar-refractivity contribution is 7.90. The van der Waals surface area contributed by atoms with Crippen molar-refractivity contribution in [1.29, 1.82) is 0 Å². The zero-order chi connectivity index (χ0) is 37.1. The number of hydrogen-bond acceptors (Lipinski definition) is 7. The maximum Gasteiger partial charge on any atom is 0.461 e. The van der Waals surface area contributed by atoms with Crippen LogP contribution in [0.3, 0.4) is 0 Å². The Hall–Kier alpha value is -4.12. The summed E-state index contributed by atoms with van der Waals surface area (Å²) < 4.78 is 93.3. The predicted octanol–water partition coefficient (Wildman–Crippen LogP) is 4.11. The molecule has 4 amide bonds. The number of likely N-dealkylation sites (tertiary alicyclic amines) is 1. The molecule has 0 aliphatic carbocycles. The third-order valence-electron chi connectivity index (χ3n) is 7.73. The monoisotopic (exact) mass is 736 g/mol. The first-order chi connectivity index (χ1) is 22.6. The fourth-order valence-electron chi connectivity index (χ4n) is 4.97. The third-order valence-corrected chi connectivity index (χ3v) is 9.33. The predicted molar refractivity (Wildman–Crippen MR) is 166 cm³/mol. The number of amides is 4. The minimum atomic E-state index is -6.18. The molecule has 3 atom stereocenters. The molecule has 3 N–H and O–H groups in total. The van der Waals surface area contributed by atoms with Crippen molar-refractivity contribution < 1.29 is 54.3 Å². The number of hydrogen-bond donors (Lipinski definition) is 3. The Morgan fingerprint density at radius 1 is 0.796 bits per heavy atom. The van der Waals surface area contributed by atoms with Gasteiger partial charge < -0.3 is 15.5 Å². The summed E-state index contributed by atoms with van der Waals surface area (Å²) in [6, 6.07) is 5.12. The molecule has 2 aromatic carbocycles. The van der Waals surface area contributed by atoms with Crippen molar-refractivity contribution in [3.05, 3.63) is 64.7 Å². The van der Waals surface area contributed by atoms with Crippen LogP contribution in [0.4, 0.5) is 22.0 Å². The van der Waals surface area contributed by atoms with Crippen molar-refractivity contribution in [3.63, 3.8) is 0 Å². The van der Waals surface area contributed by atoms with Crippen LogP contribution in [0.2, 0.25) is 5.02 Å². The molecule has 11 nitrogen and oxygen atoms in total. The molecule has 1 unspecified atom stereocenters. The number of carbonyl (C=O) groups excluding carboxylic acids is 5. The molecule has 0 saturated carbocycles. The summed E-state index contributed by atoms with van der Waals surface area (Å²) in [5.41, 5.74) is -0.127. The number of carbonyl (C=O) groups is 5. The lowest BCUT2D eigenvalue weighted by molar-refractivity contribution is -0.270. The van der Waals surface area contributed by atoms with Crippen LogP contribution in [0.1, 0.15) is 61.3 Å². The van der Waals surface area contributed by atoms with E-state index in [-0.39, 0.29) is 40.4 Å². The van der Waals surface area contributed by atoms with Gasteiger partial charge >= 0.3 is 12.1 Å². The number of alkyl halides is 5. The molecule has 1 saturated heterocycles. The Kier molecular flexibility index (Phi) is 12.2. The van der Waals surface area contributed by atoms with Gasteiger partial charge in [0, 0.05) is 22.7 Å². The molecule has 1 aliphatic rings. The van der Waals surface area contributed by atoms with Gasteiger partial charge in [-0.25, -0.2) is 13.1 Å². The summed E-state index contributed by atoms with van der Waals surface area (Å²) >= 11 is 5.77.